The number of nitrogens with one attached hydrogen (secondary N) is 1. The first-order chi connectivity index (χ1) is 11.3. The molecule has 0 radical (unpaired) electrons. The smallest absolute Gasteiger partial charge is 0.269 e. The Hall–Kier alpha value is -2.58. The molecule has 0 saturated heterocycles. The van der Waals surface area contributed by atoms with Crippen LogP contribution in [-0.2, 0) is 10.4 Å². The number of nitro groups is 1. The summed E-state index contributed by atoms with van der Waals surface area (Å²) in [4.78, 5) is 34.6. The first kappa shape index (κ1) is 16.3. The molecule has 0 spiro atoms. The average Bonchev–Trinajstić information content (AvgIpc) is 2.78. The maximum atomic E-state index is 12.4. The molecule has 0 aliphatic carbocycles. The van der Waals surface area contributed by atoms with Gasteiger partial charge in [-0.3, -0.25) is 19.7 Å². The summed E-state index contributed by atoms with van der Waals surface area (Å²) in [5.74, 6) is -1.17. The highest BCUT2D eigenvalue weighted by Crippen LogP contribution is 2.40. The quantitative estimate of drug-likeness (QED) is 0.473. The molecule has 24 heavy (non-hydrogen) atoms. The highest BCUT2D eigenvalue weighted by molar-refractivity contribution is 9.10. The number of carbonyl (C=O) groups excluding carboxylic acids is 2. The largest absolute Gasteiger partial charge is 0.375 e. The maximum absolute atomic E-state index is 12.4. The molecule has 2 aromatic rings. The minimum Gasteiger partial charge on any atom is -0.375 e. The van der Waals surface area contributed by atoms with E-state index in [9.17, 15) is 24.8 Å². The molecular formula is C16H11BrN2O5. The number of anilines is 1. The van der Waals surface area contributed by atoms with Gasteiger partial charge in [0.2, 0.25) is 0 Å². The number of ketones is 1. The van der Waals surface area contributed by atoms with E-state index in [4.69, 9.17) is 0 Å². The molecule has 3 rings (SSSR count). The zero-order chi connectivity index (χ0) is 17.5. The van der Waals surface area contributed by atoms with E-state index in [1.807, 2.05) is 0 Å². The van der Waals surface area contributed by atoms with Crippen molar-refractivity contribution in [2.75, 3.05) is 5.32 Å². The summed E-state index contributed by atoms with van der Waals surface area (Å²) in [6.45, 7) is 0. The van der Waals surface area contributed by atoms with E-state index >= 15 is 0 Å². The first-order valence-electron chi connectivity index (χ1n) is 6.93. The number of nitro benzene ring substituents is 1. The molecule has 0 fully saturated rings. The summed E-state index contributed by atoms with van der Waals surface area (Å²) in [6.07, 6.45) is -0.458. The van der Waals surface area contributed by atoms with Gasteiger partial charge in [0.05, 0.1) is 11.3 Å². The highest BCUT2D eigenvalue weighted by Gasteiger charge is 2.46. The molecule has 1 amide bonds. The molecule has 1 aliphatic heterocycles. The van der Waals surface area contributed by atoms with E-state index in [1.54, 1.807) is 18.2 Å². The van der Waals surface area contributed by atoms with Crippen LogP contribution in [-0.4, -0.2) is 21.7 Å². The zero-order valence-electron chi connectivity index (χ0n) is 12.2. The lowest BCUT2D eigenvalue weighted by atomic mass is 9.88. The molecule has 0 aromatic heterocycles. The van der Waals surface area contributed by atoms with Crippen LogP contribution in [0.4, 0.5) is 11.4 Å². The Morgan fingerprint density at radius 3 is 2.54 bits per heavy atom. The SMILES string of the molecule is O=C(C[C@@]1(O)C(=O)Nc2ccc(Br)cc21)c1ccc([N+](=O)[O-])cc1. The summed E-state index contributed by atoms with van der Waals surface area (Å²) in [5.41, 5.74) is -1.17. The molecule has 2 N–H and O–H groups in total. The minimum absolute atomic E-state index is 0.141. The van der Waals surface area contributed by atoms with Gasteiger partial charge in [-0.2, -0.15) is 0 Å². The molecule has 0 bridgehead atoms. The molecule has 122 valence electrons. The summed E-state index contributed by atoms with van der Waals surface area (Å²) in [6, 6.07) is 9.94. The average molecular weight is 391 g/mol. The van der Waals surface area contributed by atoms with Crippen LogP contribution < -0.4 is 5.32 Å². The van der Waals surface area contributed by atoms with Crippen molar-refractivity contribution in [3.63, 3.8) is 0 Å². The summed E-state index contributed by atoms with van der Waals surface area (Å²) in [5, 5.41) is 23.9. The second-order valence-electron chi connectivity index (χ2n) is 5.41. The summed E-state index contributed by atoms with van der Waals surface area (Å²) >= 11 is 3.27. The number of rotatable bonds is 4. The van der Waals surface area contributed by atoms with Crippen molar-refractivity contribution in [1.29, 1.82) is 0 Å². The standard InChI is InChI=1S/C16H11BrN2O5/c17-10-3-6-13-12(7-10)16(22,15(21)18-13)8-14(20)9-1-4-11(5-2-9)19(23)24/h1-7,22H,8H2,(H,18,21)/t16-/m0/s1. The fourth-order valence-corrected chi connectivity index (χ4v) is 2.96. The van der Waals surface area contributed by atoms with Crippen LogP contribution in [0, 0.1) is 10.1 Å². The number of fused-ring (bicyclic) bond motifs is 1. The lowest BCUT2D eigenvalue weighted by Gasteiger charge is -2.20. The van der Waals surface area contributed by atoms with Crippen molar-refractivity contribution in [1.82, 2.24) is 0 Å². The number of halogens is 1. The third-order valence-electron chi connectivity index (χ3n) is 3.87. The molecule has 1 atom stereocenters. The number of hydrogen-bond acceptors (Lipinski definition) is 5. The van der Waals surface area contributed by atoms with Gasteiger partial charge < -0.3 is 10.4 Å². The minimum atomic E-state index is -1.97. The predicted molar refractivity (Wildman–Crippen MR) is 88.7 cm³/mol. The molecule has 1 aliphatic rings. The molecule has 8 heteroatoms. The third-order valence-corrected chi connectivity index (χ3v) is 4.36. The van der Waals surface area contributed by atoms with E-state index in [1.165, 1.54) is 24.3 Å². The number of Topliss-reactive ketones (excluding diaryl/α,β-unsaturated/α-hetero) is 1. The Labute approximate surface area is 144 Å². The molecule has 0 saturated carbocycles. The second kappa shape index (κ2) is 5.81. The highest BCUT2D eigenvalue weighted by atomic mass is 79.9. The Kier molecular flexibility index (Phi) is 3.94. The van der Waals surface area contributed by atoms with Crippen LogP contribution in [0.1, 0.15) is 22.3 Å². The van der Waals surface area contributed by atoms with Gasteiger partial charge in [0.1, 0.15) is 0 Å². The van der Waals surface area contributed by atoms with Crippen LogP contribution >= 0.6 is 15.9 Å². The number of carbonyl (C=O) groups is 2. The Bertz CT molecular complexity index is 865. The predicted octanol–water partition coefficient (Wildman–Crippen LogP) is 2.77. The number of benzene rings is 2. The lowest BCUT2D eigenvalue weighted by Crippen LogP contribution is -2.36. The maximum Gasteiger partial charge on any atom is 0.269 e. The van der Waals surface area contributed by atoms with Gasteiger partial charge >= 0.3 is 0 Å². The zero-order valence-corrected chi connectivity index (χ0v) is 13.7. The van der Waals surface area contributed by atoms with Crippen LogP contribution in [0.25, 0.3) is 0 Å². The summed E-state index contributed by atoms with van der Waals surface area (Å²) in [7, 11) is 0. The second-order valence-corrected chi connectivity index (χ2v) is 6.32. The van der Waals surface area contributed by atoms with Crippen molar-refractivity contribution in [3.05, 3.63) is 68.2 Å². The molecule has 2 aromatic carbocycles. The van der Waals surface area contributed by atoms with Gasteiger partial charge in [-0.25, -0.2) is 0 Å². The van der Waals surface area contributed by atoms with Crippen molar-refractivity contribution < 1.29 is 19.6 Å². The topological polar surface area (TPSA) is 110 Å². The van der Waals surface area contributed by atoms with Crippen molar-refractivity contribution in [2.24, 2.45) is 0 Å². The fourth-order valence-electron chi connectivity index (χ4n) is 2.59. The van der Waals surface area contributed by atoms with Gasteiger partial charge in [-0.15, -0.1) is 0 Å². The van der Waals surface area contributed by atoms with E-state index in [0.717, 1.165) is 0 Å². The lowest BCUT2D eigenvalue weighted by molar-refractivity contribution is -0.384. The van der Waals surface area contributed by atoms with Gasteiger partial charge in [0.25, 0.3) is 11.6 Å². The van der Waals surface area contributed by atoms with E-state index < -0.39 is 28.6 Å². The van der Waals surface area contributed by atoms with Gasteiger partial charge in [0, 0.05) is 33.4 Å². The fraction of sp³-hybridized carbons (Fsp3) is 0.125. The van der Waals surface area contributed by atoms with E-state index in [-0.39, 0.29) is 11.3 Å². The van der Waals surface area contributed by atoms with Crippen LogP contribution in [0.2, 0.25) is 0 Å². The van der Waals surface area contributed by atoms with Crippen molar-refractivity contribution in [3.8, 4) is 0 Å². The van der Waals surface area contributed by atoms with E-state index in [0.29, 0.717) is 15.7 Å². The van der Waals surface area contributed by atoms with Gasteiger partial charge in [-0.05, 0) is 30.3 Å². The molecule has 1 heterocycles. The number of non-ortho nitro benzene ring substituents is 1. The third kappa shape index (κ3) is 2.70. The van der Waals surface area contributed by atoms with E-state index in [2.05, 4.69) is 21.2 Å². The number of nitrogens with zero attached hydrogens (tertiary/aromatic N) is 1. The Balaban J connectivity index is 1.90. The Morgan fingerprint density at radius 2 is 1.92 bits per heavy atom. The van der Waals surface area contributed by atoms with Crippen molar-refractivity contribution in [2.45, 2.75) is 12.0 Å². The number of amides is 1. The van der Waals surface area contributed by atoms with Gasteiger partial charge in [-0.1, -0.05) is 15.9 Å². The van der Waals surface area contributed by atoms with Crippen molar-refractivity contribution >= 4 is 39.0 Å². The number of hydrogen-bond donors (Lipinski definition) is 2. The molecular weight excluding hydrogens is 380 g/mol. The van der Waals surface area contributed by atoms with Crippen LogP contribution in [0.15, 0.2) is 46.9 Å². The normalized spacial score (nSPS) is 18.8. The monoisotopic (exact) mass is 390 g/mol. The first-order valence-corrected chi connectivity index (χ1v) is 7.72. The van der Waals surface area contributed by atoms with Crippen LogP contribution in [0.3, 0.4) is 0 Å². The molecule has 7 nitrogen and oxygen atoms in total. The van der Waals surface area contributed by atoms with Crippen LogP contribution in [0.5, 0.6) is 0 Å². The Morgan fingerprint density at radius 1 is 1.25 bits per heavy atom. The van der Waals surface area contributed by atoms with Gasteiger partial charge in [0.15, 0.2) is 11.4 Å². The number of aliphatic hydroxyl groups is 1. The summed E-state index contributed by atoms with van der Waals surface area (Å²) < 4.78 is 0.666. The molecule has 0 unspecified atom stereocenters.